The summed E-state index contributed by atoms with van der Waals surface area (Å²) in [7, 11) is 0. The van der Waals surface area contributed by atoms with Crippen LogP contribution in [0, 0.1) is 5.82 Å². The van der Waals surface area contributed by atoms with E-state index in [1.54, 1.807) is 23.2 Å². The molecule has 2 aromatic heterocycles. The van der Waals surface area contributed by atoms with Crippen LogP contribution in [0.1, 0.15) is 5.69 Å². The monoisotopic (exact) mass is 480 g/mol. The van der Waals surface area contributed by atoms with Crippen molar-refractivity contribution in [1.82, 2.24) is 19.2 Å². The summed E-state index contributed by atoms with van der Waals surface area (Å²) < 4.78 is 21.3. The Morgan fingerprint density at radius 1 is 1.24 bits per heavy atom. The summed E-state index contributed by atoms with van der Waals surface area (Å²) in [5, 5.41) is 1.83. The van der Waals surface area contributed by atoms with Gasteiger partial charge in [-0.2, -0.15) is 0 Å². The van der Waals surface area contributed by atoms with Crippen molar-refractivity contribution in [2.75, 3.05) is 32.8 Å². The Kier molecular flexibility index (Phi) is 5.93. The number of hydrogen-bond donors (Lipinski definition) is 0. The number of rotatable bonds is 5. The molecule has 1 saturated heterocycles. The number of hydrogen-bond acceptors (Lipinski definition) is 6. The third-order valence-electron chi connectivity index (χ3n) is 4.71. The number of thiazole rings is 1. The molecule has 1 aliphatic rings. The first-order chi connectivity index (χ1) is 14.0. The van der Waals surface area contributed by atoms with Crippen molar-refractivity contribution < 1.29 is 13.9 Å². The van der Waals surface area contributed by atoms with E-state index in [2.05, 4.69) is 25.8 Å². The number of carbonyl (C=O) groups is 1. The van der Waals surface area contributed by atoms with Crippen LogP contribution >= 0.6 is 27.3 Å². The standard InChI is InChI=1S/C19H18BrFN4O3S/c20-13-1-2-16(15(21)9-13)28-12-18(27)24-5-3-23(4-6-24)11-14-10-17(26)25-7-8-29-19(25)22-14/h1-2,7-10H,3-6,11-12H2. The van der Waals surface area contributed by atoms with Gasteiger partial charge in [0.2, 0.25) is 0 Å². The van der Waals surface area contributed by atoms with Gasteiger partial charge in [-0.05, 0) is 18.2 Å². The van der Waals surface area contributed by atoms with Crippen molar-refractivity contribution in [3.63, 3.8) is 0 Å². The van der Waals surface area contributed by atoms with Gasteiger partial charge in [0.1, 0.15) is 0 Å². The van der Waals surface area contributed by atoms with Crippen LogP contribution in [0.15, 0.2) is 45.1 Å². The lowest BCUT2D eigenvalue weighted by Gasteiger charge is -2.34. The van der Waals surface area contributed by atoms with E-state index in [-0.39, 0.29) is 23.8 Å². The summed E-state index contributed by atoms with van der Waals surface area (Å²) in [6, 6.07) is 6.00. The van der Waals surface area contributed by atoms with Crippen LogP contribution in [-0.4, -0.2) is 57.9 Å². The molecule has 3 aromatic rings. The van der Waals surface area contributed by atoms with Gasteiger partial charge in [-0.25, -0.2) is 9.37 Å². The van der Waals surface area contributed by atoms with E-state index in [4.69, 9.17) is 4.74 Å². The highest BCUT2D eigenvalue weighted by Gasteiger charge is 2.22. The van der Waals surface area contributed by atoms with Crippen LogP contribution < -0.4 is 10.3 Å². The summed E-state index contributed by atoms with van der Waals surface area (Å²) in [5.74, 6) is -0.632. The normalized spacial score (nSPS) is 15.0. The Balaban J connectivity index is 1.29. The number of piperazine rings is 1. The van der Waals surface area contributed by atoms with Crippen molar-refractivity contribution in [3.8, 4) is 5.75 Å². The van der Waals surface area contributed by atoms with Gasteiger partial charge in [0, 0.05) is 54.8 Å². The predicted octanol–water partition coefficient (Wildman–Crippen LogP) is 2.38. The molecule has 152 valence electrons. The highest BCUT2D eigenvalue weighted by atomic mass is 79.9. The molecule has 0 bridgehead atoms. The minimum Gasteiger partial charge on any atom is -0.481 e. The van der Waals surface area contributed by atoms with E-state index in [0.717, 1.165) is 5.69 Å². The molecule has 7 nitrogen and oxygen atoms in total. The molecular formula is C19H18BrFN4O3S. The molecule has 0 radical (unpaired) electrons. The maximum atomic E-state index is 13.8. The average Bonchev–Trinajstić information content (AvgIpc) is 3.17. The number of amides is 1. The number of carbonyl (C=O) groups excluding carboxylic acids is 1. The Morgan fingerprint density at radius 3 is 2.79 bits per heavy atom. The Labute approximate surface area is 178 Å². The van der Waals surface area contributed by atoms with Crippen molar-refractivity contribution in [2.24, 2.45) is 0 Å². The predicted molar refractivity (Wildman–Crippen MR) is 111 cm³/mol. The van der Waals surface area contributed by atoms with Gasteiger partial charge in [0.25, 0.3) is 11.5 Å². The quantitative estimate of drug-likeness (QED) is 0.560. The van der Waals surface area contributed by atoms with Gasteiger partial charge >= 0.3 is 0 Å². The molecule has 10 heteroatoms. The Hall–Kier alpha value is -2.30. The second-order valence-electron chi connectivity index (χ2n) is 6.66. The largest absolute Gasteiger partial charge is 0.481 e. The van der Waals surface area contributed by atoms with Crippen LogP contribution in [0.2, 0.25) is 0 Å². The smallest absolute Gasteiger partial charge is 0.260 e. The Morgan fingerprint density at radius 2 is 2.03 bits per heavy atom. The summed E-state index contributed by atoms with van der Waals surface area (Å²) in [4.78, 5) is 33.5. The van der Waals surface area contributed by atoms with E-state index < -0.39 is 5.82 Å². The SMILES string of the molecule is O=C(COc1ccc(Br)cc1F)N1CCN(Cc2cc(=O)n3ccsc3n2)CC1. The molecule has 1 fully saturated rings. The summed E-state index contributed by atoms with van der Waals surface area (Å²) in [6.07, 6.45) is 1.71. The second-order valence-corrected chi connectivity index (χ2v) is 8.45. The first kappa shape index (κ1) is 20.0. The molecule has 0 saturated carbocycles. The van der Waals surface area contributed by atoms with E-state index in [1.165, 1.54) is 27.9 Å². The third kappa shape index (κ3) is 4.65. The zero-order chi connectivity index (χ0) is 20.4. The molecule has 0 atom stereocenters. The zero-order valence-electron chi connectivity index (χ0n) is 15.4. The first-order valence-electron chi connectivity index (χ1n) is 9.03. The number of aromatic nitrogens is 2. The molecule has 1 aromatic carbocycles. The van der Waals surface area contributed by atoms with Crippen LogP contribution in [0.3, 0.4) is 0 Å². The van der Waals surface area contributed by atoms with Crippen LogP contribution in [0.5, 0.6) is 5.75 Å². The fraction of sp³-hybridized carbons (Fsp3) is 0.316. The average molecular weight is 481 g/mol. The van der Waals surface area contributed by atoms with E-state index in [0.29, 0.717) is 42.2 Å². The molecule has 4 rings (SSSR count). The van der Waals surface area contributed by atoms with Crippen LogP contribution in [0.25, 0.3) is 4.96 Å². The summed E-state index contributed by atoms with van der Waals surface area (Å²) >= 11 is 4.61. The van der Waals surface area contributed by atoms with Crippen molar-refractivity contribution >= 4 is 38.1 Å². The van der Waals surface area contributed by atoms with Crippen molar-refractivity contribution in [1.29, 1.82) is 0 Å². The highest BCUT2D eigenvalue weighted by Crippen LogP contribution is 2.21. The number of fused-ring (bicyclic) bond motifs is 1. The maximum Gasteiger partial charge on any atom is 0.260 e. The number of ether oxygens (including phenoxy) is 1. The summed E-state index contributed by atoms with van der Waals surface area (Å²) in [5.41, 5.74) is 0.642. The molecule has 0 N–H and O–H groups in total. The van der Waals surface area contributed by atoms with Crippen LogP contribution in [-0.2, 0) is 11.3 Å². The molecule has 1 amide bonds. The van der Waals surface area contributed by atoms with Gasteiger partial charge in [-0.15, -0.1) is 11.3 Å². The number of nitrogens with zero attached hydrogens (tertiary/aromatic N) is 4. The topological polar surface area (TPSA) is 67.2 Å². The van der Waals surface area contributed by atoms with Gasteiger partial charge in [0.05, 0.1) is 5.69 Å². The van der Waals surface area contributed by atoms with Gasteiger partial charge < -0.3 is 9.64 Å². The first-order valence-corrected chi connectivity index (χ1v) is 10.7. The zero-order valence-corrected chi connectivity index (χ0v) is 17.8. The minimum absolute atomic E-state index is 0.0570. The van der Waals surface area contributed by atoms with E-state index in [9.17, 15) is 14.0 Å². The minimum atomic E-state index is -0.511. The Bertz CT molecular complexity index is 1090. The lowest BCUT2D eigenvalue weighted by Crippen LogP contribution is -2.49. The van der Waals surface area contributed by atoms with Crippen molar-refractivity contribution in [2.45, 2.75) is 6.54 Å². The molecule has 0 aliphatic carbocycles. The molecule has 1 aliphatic heterocycles. The fourth-order valence-corrected chi connectivity index (χ4v) is 4.25. The van der Waals surface area contributed by atoms with Crippen molar-refractivity contribution in [3.05, 3.63) is 62.2 Å². The molecular weight excluding hydrogens is 463 g/mol. The maximum absolute atomic E-state index is 13.8. The van der Waals surface area contributed by atoms with Gasteiger partial charge in [-0.3, -0.25) is 18.9 Å². The number of halogens is 2. The fourth-order valence-electron chi connectivity index (χ4n) is 3.18. The lowest BCUT2D eigenvalue weighted by molar-refractivity contribution is -0.135. The molecule has 3 heterocycles. The highest BCUT2D eigenvalue weighted by molar-refractivity contribution is 9.10. The lowest BCUT2D eigenvalue weighted by atomic mass is 10.2. The van der Waals surface area contributed by atoms with E-state index in [1.807, 2.05) is 5.38 Å². The molecule has 29 heavy (non-hydrogen) atoms. The van der Waals surface area contributed by atoms with E-state index >= 15 is 0 Å². The van der Waals surface area contributed by atoms with Gasteiger partial charge in [0.15, 0.2) is 23.1 Å². The third-order valence-corrected chi connectivity index (χ3v) is 5.96. The second kappa shape index (κ2) is 8.60. The number of benzene rings is 1. The molecule has 0 unspecified atom stereocenters. The van der Waals surface area contributed by atoms with Gasteiger partial charge in [-0.1, -0.05) is 15.9 Å². The summed E-state index contributed by atoms with van der Waals surface area (Å²) in [6.45, 7) is 2.79. The van der Waals surface area contributed by atoms with Crippen LogP contribution in [0.4, 0.5) is 4.39 Å². The molecule has 0 spiro atoms.